The van der Waals surface area contributed by atoms with E-state index in [1.165, 1.54) is 116 Å². The first-order chi connectivity index (χ1) is 48.6. The maximum atomic E-state index is 13.4. The van der Waals surface area contributed by atoms with Crippen molar-refractivity contribution in [3.05, 3.63) is 170 Å². The summed E-state index contributed by atoms with van der Waals surface area (Å²) in [7, 11) is 0. The van der Waals surface area contributed by atoms with Gasteiger partial charge in [0.25, 0.3) is 0 Å². The number of unbranched alkanes of at least 4 members (excludes halogenated alkanes) is 23. The predicted octanol–water partition coefficient (Wildman–Crippen LogP) is 17.5. The zero-order chi connectivity index (χ0) is 71.5. The molecule has 0 radical (unpaired) electrons. The third kappa shape index (κ3) is 49.6. The van der Waals surface area contributed by atoms with E-state index in [2.05, 4.69) is 177 Å². The maximum Gasteiger partial charge on any atom is 0.220 e. The lowest BCUT2D eigenvalue weighted by Crippen LogP contribution is -2.65. The number of nitrogens with one attached hydrogen (secondary N) is 1. The average molecular weight is 1380 g/mol. The fraction of sp³-hybridized carbons (Fsp3) is 0.659. The first kappa shape index (κ1) is 90.4. The van der Waals surface area contributed by atoms with Crippen LogP contribution in [0.4, 0.5) is 0 Å². The number of hydrogen-bond acceptors (Lipinski definition) is 13. The van der Waals surface area contributed by atoms with Crippen LogP contribution in [0.15, 0.2) is 170 Å². The largest absolute Gasteiger partial charge is 0.394 e. The maximum absolute atomic E-state index is 13.4. The average Bonchev–Trinajstić information content (AvgIpc) is 0.793. The molecule has 0 saturated carbocycles. The minimum Gasteiger partial charge on any atom is -0.394 e. The van der Waals surface area contributed by atoms with Gasteiger partial charge in [-0.25, -0.2) is 0 Å². The normalized spacial score (nSPS) is 22.9. The molecule has 562 valence electrons. The highest BCUT2D eigenvalue weighted by molar-refractivity contribution is 5.76. The second kappa shape index (κ2) is 66.6. The number of ether oxygens (including phenoxy) is 4. The minimum absolute atomic E-state index is 0.218. The molecule has 14 nitrogen and oxygen atoms in total. The number of rotatable bonds is 62. The van der Waals surface area contributed by atoms with Gasteiger partial charge in [0.15, 0.2) is 12.6 Å². The van der Waals surface area contributed by atoms with Gasteiger partial charge in [-0.3, -0.25) is 4.79 Å². The molecule has 1 amide bonds. The fourth-order valence-corrected chi connectivity index (χ4v) is 11.5. The molecule has 0 spiro atoms. The molecule has 0 aromatic heterocycles. The van der Waals surface area contributed by atoms with E-state index in [0.717, 1.165) is 116 Å². The zero-order valence-electron chi connectivity index (χ0n) is 61.4. The van der Waals surface area contributed by atoms with Crippen LogP contribution < -0.4 is 5.32 Å². The van der Waals surface area contributed by atoms with Crippen LogP contribution >= 0.6 is 0 Å². The molecular weight excluding hydrogens is 1240 g/mol. The quantitative estimate of drug-likeness (QED) is 0.0204. The van der Waals surface area contributed by atoms with E-state index in [1.807, 2.05) is 6.08 Å². The minimum atomic E-state index is -1.81. The summed E-state index contributed by atoms with van der Waals surface area (Å²) < 4.78 is 22.8. The summed E-state index contributed by atoms with van der Waals surface area (Å²) in [6.07, 6.45) is 87.0. The van der Waals surface area contributed by atoms with Gasteiger partial charge in [-0.1, -0.05) is 300 Å². The van der Waals surface area contributed by atoms with Gasteiger partial charge in [0, 0.05) is 6.42 Å². The second-order valence-electron chi connectivity index (χ2n) is 26.4. The van der Waals surface area contributed by atoms with E-state index >= 15 is 0 Å². The Labute approximate surface area is 600 Å². The van der Waals surface area contributed by atoms with Crippen molar-refractivity contribution in [1.82, 2.24) is 5.32 Å². The molecule has 0 aromatic rings. The Bertz CT molecular complexity index is 2320. The molecule has 2 saturated heterocycles. The summed E-state index contributed by atoms with van der Waals surface area (Å²) >= 11 is 0. The monoisotopic (exact) mass is 1380 g/mol. The topological polar surface area (TPSA) is 228 Å². The van der Waals surface area contributed by atoms with Crippen molar-refractivity contribution in [2.45, 2.75) is 338 Å². The summed E-state index contributed by atoms with van der Waals surface area (Å²) in [5.41, 5.74) is 0. The van der Waals surface area contributed by atoms with Crippen molar-refractivity contribution < 1.29 is 64.6 Å². The second-order valence-corrected chi connectivity index (χ2v) is 26.4. The highest BCUT2D eigenvalue weighted by Gasteiger charge is 2.51. The van der Waals surface area contributed by atoms with Gasteiger partial charge in [-0.05, 0) is 128 Å². The summed E-state index contributed by atoms with van der Waals surface area (Å²) in [4.78, 5) is 13.4. The molecule has 2 heterocycles. The predicted molar refractivity (Wildman–Crippen MR) is 410 cm³/mol. The van der Waals surface area contributed by atoms with Gasteiger partial charge in [0.2, 0.25) is 5.91 Å². The molecule has 2 fully saturated rings. The fourth-order valence-electron chi connectivity index (χ4n) is 11.5. The number of carbonyl (C=O) groups is 1. The molecule has 0 bridgehead atoms. The van der Waals surface area contributed by atoms with Gasteiger partial charge < -0.3 is 65.1 Å². The van der Waals surface area contributed by atoms with Crippen molar-refractivity contribution in [2.24, 2.45) is 0 Å². The summed E-state index contributed by atoms with van der Waals surface area (Å²) in [6.45, 7) is 2.65. The summed E-state index contributed by atoms with van der Waals surface area (Å²) in [5.74, 6) is -0.291. The van der Waals surface area contributed by atoms with Crippen LogP contribution in [0.3, 0.4) is 0 Å². The van der Waals surface area contributed by atoms with Crippen LogP contribution in [0.25, 0.3) is 0 Å². The van der Waals surface area contributed by atoms with Crippen molar-refractivity contribution in [3.8, 4) is 0 Å². The third-order valence-corrected chi connectivity index (χ3v) is 17.6. The van der Waals surface area contributed by atoms with Crippen molar-refractivity contribution in [3.63, 3.8) is 0 Å². The highest BCUT2D eigenvalue weighted by Crippen LogP contribution is 2.30. The van der Waals surface area contributed by atoms with Gasteiger partial charge >= 0.3 is 0 Å². The Morgan fingerprint density at radius 2 is 0.707 bits per heavy atom. The molecule has 9 N–H and O–H groups in total. The van der Waals surface area contributed by atoms with Crippen LogP contribution in [-0.2, 0) is 23.7 Å². The van der Waals surface area contributed by atoms with Crippen LogP contribution in [0, 0.1) is 0 Å². The van der Waals surface area contributed by atoms with E-state index in [-0.39, 0.29) is 18.9 Å². The van der Waals surface area contributed by atoms with Crippen LogP contribution in [0.2, 0.25) is 0 Å². The van der Waals surface area contributed by atoms with Gasteiger partial charge in [-0.2, -0.15) is 0 Å². The first-order valence-corrected chi connectivity index (χ1v) is 38.9. The molecule has 2 rings (SSSR count). The Morgan fingerprint density at radius 1 is 0.374 bits per heavy atom. The number of hydrogen-bond donors (Lipinski definition) is 9. The summed E-state index contributed by atoms with van der Waals surface area (Å²) in [6, 6.07) is -0.972. The van der Waals surface area contributed by atoms with E-state index in [9.17, 15) is 45.6 Å². The van der Waals surface area contributed by atoms with Crippen molar-refractivity contribution in [2.75, 3.05) is 19.8 Å². The van der Waals surface area contributed by atoms with E-state index in [0.29, 0.717) is 12.8 Å². The van der Waals surface area contributed by atoms with Crippen LogP contribution in [-0.4, -0.2) is 140 Å². The molecule has 99 heavy (non-hydrogen) atoms. The Kier molecular flexibility index (Phi) is 60.8. The molecule has 12 atom stereocenters. The number of aliphatic hydroxyl groups excluding tert-OH is 8. The zero-order valence-corrected chi connectivity index (χ0v) is 61.4. The highest BCUT2D eigenvalue weighted by atomic mass is 16.7. The van der Waals surface area contributed by atoms with Gasteiger partial charge in [0.05, 0.1) is 32.0 Å². The van der Waals surface area contributed by atoms with E-state index < -0.39 is 86.8 Å². The number of amides is 1. The number of carbonyl (C=O) groups excluding carboxylic acids is 1. The van der Waals surface area contributed by atoms with Crippen molar-refractivity contribution >= 4 is 5.91 Å². The lowest BCUT2D eigenvalue weighted by Gasteiger charge is -2.46. The molecular formula is C85H139NO13. The Morgan fingerprint density at radius 3 is 1.11 bits per heavy atom. The molecule has 2 aliphatic heterocycles. The summed E-state index contributed by atoms with van der Waals surface area (Å²) in [5, 5.41) is 87.5. The first-order valence-electron chi connectivity index (χ1n) is 38.9. The van der Waals surface area contributed by atoms with Crippen LogP contribution in [0.5, 0.6) is 0 Å². The van der Waals surface area contributed by atoms with Crippen molar-refractivity contribution in [1.29, 1.82) is 0 Å². The number of allylic oxidation sites excluding steroid dienone is 27. The molecule has 0 aromatic carbocycles. The Hall–Kier alpha value is -4.65. The molecule has 0 aliphatic carbocycles. The standard InChI is InChI=1S/C85H139NO13/c1-3-5-7-9-11-13-15-17-19-21-23-25-27-29-31-33-34-35-36-37-38-39-40-41-43-45-47-49-51-53-55-57-59-61-63-65-67-69-77(90)86-73(72-96-84-82(95)80(93)83(76(71-88)98-84)99-85-81(94)79(92)78(91)75(70-87)97-85)74(89)68-66-64-62-60-58-56-54-52-50-48-46-44-42-32-30-28-26-24-22-20-18-16-14-12-10-8-6-4-2/h5,7,11,13,17,19,23,25,29,31,34-35,37-38,40-41,45,47,50-53,57-60,66,68,73-76,78-85,87-89,91-95H,3-4,6,8-10,12,14-16,18,20-22,24,26-28,30,32-33,36,39,42-44,46,48-49,54-56,61-65,67,69-72H2,1-2H3,(H,86,90)/b7-5-,13-11-,19-17-,25-23-,31-29-,35-34-,38-37-,41-40-,47-45-,52-50+,53-51-,59-57-,60-58+,68-66+. The molecule has 14 heteroatoms. The SMILES string of the molecule is CC/C=C\C/C=C\C/C=C\C/C=C\C/C=C\C/C=C\C/C=C\C/C=C\C/C=C\C/C=C\C/C=C\CCCCCC(=O)NC(COC1OC(CO)C(OC2OC(CO)C(O)C(O)C2O)C(O)C1O)C(O)/C=C/CC/C=C/CC/C=C/CCCCCCCCCCCCCCCCCCCC. The smallest absolute Gasteiger partial charge is 0.220 e. The van der Waals surface area contributed by atoms with E-state index in [1.54, 1.807) is 6.08 Å². The molecule has 12 unspecified atom stereocenters. The van der Waals surface area contributed by atoms with Gasteiger partial charge in [0.1, 0.15) is 48.8 Å². The lowest BCUT2D eigenvalue weighted by molar-refractivity contribution is -0.359. The van der Waals surface area contributed by atoms with Crippen LogP contribution in [0.1, 0.15) is 264 Å². The number of aliphatic hydroxyl groups is 8. The molecule has 2 aliphatic rings. The lowest BCUT2D eigenvalue weighted by atomic mass is 9.97. The Balaban J connectivity index is 1.70. The van der Waals surface area contributed by atoms with E-state index in [4.69, 9.17) is 18.9 Å². The third-order valence-electron chi connectivity index (χ3n) is 17.6. The van der Waals surface area contributed by atoms with Gasteiger partial charge in [-0.15, -0.1) is 0 Å².